The Morgan fingerprint density at radius 1 is 0.933 bits per heavy atom. The number of halogens is 1. The monoisotopic (exact) mass is 463 g/mol. The lowest BCUT2D eigenvalue weighted by Gasteiger charge is -2.29. The van der Waals surface area contributed by atoms with Gasteiger partial charge in [0, 0.05) is 42.6 Å². The molecule has 0 unspecified atom stereocenters. The second-order valence-corrected chi connectivity index (χ2v) is 7.89. The van der Waals surface area contributed by atoms with Crippen molar-refractivity contribution in [3.8, 4) is 5.75 Å². The molecule has 1 aliphatic rings. The van der Waals surface area contributed by atoms with Gasteiger partial charge in [0.1, 0.15) is 5.75 Å². The maximum absolute atomic E-state index is 12.2. The molecule has 0 aliphatic carbocycles. The second kappa shape index (κ2) is 9.69. The van der Waals surface area contributed by atoms with Crippen molar-refractivity contribution >= 4 is 39.5 Å². The molecule has 1 aliphatic heterocycles. The number of nitrogens with one attached hydrogen (secondary N) is 1. The zero-order chi connectivity index (χ0) is 20.8. The highest BCUT2D eigenvalue weighted by Crippen LogP contribution is 2.21. The summed E-state index contributed by atoms with van der Waals surface area (Å²) in [7, 11) is 0. The summed E-state index contributed by atoms with van der Waals surface area (Å²) >= 11 is 3.35. The first-order chi connectivity index (χ1) is 14.7. The minimum absolute atomic E-state index is 0.381. The predicted octanol–water partition coefficient (Wildman–Crippen LogP) is 4.83. The van der Waals surface area contributed by atoms with E-state index < -0.39 is 0 Å². The van der Waals surface area contributed by atoms with Gasteiger partial charge in [-0.05, 0) is 78.4 Å². The van der Waals surface area contributed by atoms with Crippen molar-refractivity contribution in [3.05, 3.63) is 88.4 Å². The molecule has 0 saturated carbocycles. The van der Waals surface area contributed by atoms with Crippen molar-refractivity contribution < 1.29 is 9.53 Å². The van der Waals surface area contributed by atoms with E-state index in [0.717, 1.165) is 41.9 Å². The highest BCUT2D eigenvalue weighted by Gasteiger charge is 2.10. The summed E-state index contributed by atoms with van der Waals surface area (Å²) < 4.78 is 6.34. The van der Waals surface area contributed by atoms with Gasteiger partial charge >= 0.3 is 5.97 Å². The van der Waals surface area contributed by atoms with E-state index in [1.54, 1.807) is 30.5 Å². The average Bonchev–Trinajstić information content (AvgIpc) is 2.80. The first-order valence-corrected chi connectivity index (χ1v) is 10.6. The summed E-state index contributed by atoms with van der Waals surface area (Å²) in [5.74, 6) is 0.119. The molecule has 5 nitrogen and oxygen atoms in total. The van der Waals surface area contributed by atoms with E-state index in [0.29, 0.717) is 11.3 Å². The van der Waals surface area contributed by atoms with Crippen LogP contribution in [-0.2, 0) is 0 Å². The fourth-order valence-corrected chi connectivity index (χ4v) is 3.46. The maximum atomic E-state index is 12.2. The highest BCUT2D eigenvalue weighted by atomic mass is 79.9. The Morgan fingerprint density at radius 3 is 2.27 bits per heavy atom. The van der Waals surface area contributed by atoms with Gasteiger partial charge in [0.15, 0.2) is 0 Å². The topological polar surface area (TPSA) is 53.9 Å². The number of carbonyl (C=O) groups is 1. The molecule has 1 fully saturated rings. The van der Waals surface area contributed by atoms with Crippen molar-refractivity contribution in [2.45, 2.75) is 0 Å². The van der Waals surface area contributed by atoms with E-state index in [1.165, 1.54) is 5.69 Å². The van der Waals surface area contributed by atoms with Crippen LogP contribution < -0.4 is 15.0 Å². The molecule has 0 atom stereocenters. The van der Waals surface area contributed by atoms with Gasteiger partial charge in [-0.1, -0.05) is 15.9 Å². The van der Waals surface area contributed by atoms with E-state index in [9.17, 15) is 4.79 Å². The van der Waals surface area contributed by atoms with Gasteiger partial charge in [-0.15, -0.1) is 0 Å². The Labute approximate surface area is 184 Å². The van der Waals surface area contributed by atoms with Gasteiger partial charge in [0.25, 0.3) is 0 Å². The molecule has 30 heavy (non-hydrogen) atoms. The molecule has 4 rings (SSSR count). The Hall–Kier alpha value is -2.96. The van der Waals surface area contributed by atoms with Crippen LogP contribution in [0.2, 0.25) is 0 Å². The molecule has 1 N–H and O–H groups in total. The van der Waals surface area contributed by atoms with Crippen LogP contribution in [-0.4, -0.2) is 38.4 Å². The molecule has 152 valence electrons. The van der Waals surface area contributed by atoms with Gasteiger partial charge < -0.3 is 15.0 Å². The molecule has 0 radical (unpaired) electrons. The molecule has 0 aromatic heterocycles. The third kappa shape index (κ3) is 5.34. The lowest BCUT2D eigenvalue weighted by Crippen LogP contribution is -2.43. The van der Waals surface area contributed by atoms with Gasteiger partial charge in [0.2, 0.25) is 0 Å². The zero-order valence-electron chi connectivity index (χ0n) is 16.4. The largest absolute Gasteiger partial charge is 0.423 e. The Balaban J connectivity index is 1.35. The minimum atomic E-state index is -0.381. The van der Waals surface area contributed by atoms with Crippen molar-refractivity contribution in [3.63, 3.8) is 0 Å². The Kier molecular flexibility index (Phi) is 6.57. The van der Waals surface area contributed by atoms with Crippen molar-refractivity contribution in [1.82, 2.24) is 5.32 Å². The molecule has 0 spiro atoms. The van der Waals surface area contributed by atoms with Crippen LogP contribution in [0.15, 0.2) is 82.3 Å². The number of anilines is 1. The first-order valence-electron chi connectivity index (χ1n) is 9.85. The molecular weight excluding hydrogens is 442 g/mol. The fraction of sp³-hybridized carbons (Fsp3) is 0.167. The normalized spacial score (nSPS) is 14.1. The Bertz CT molecular complexity index is 1010. The number of aliphatic imine (C=N–C) groups is 1. The van der Waals surface area contributed by atoms with Crippen molar-refractivity contribution in [1.29, 1.82) is 0 Å². The number of ether oxygens (including phenoxy) is 1. The molecule has 0 amide bonds. The second-order valence-electron chi connectivity index (χ2n) is 6.98. The number of hydrogen-bond acceptors (Lipinski definition) is 5. The standard InChI is InChI=1S/C24H22BrN3O2/c25-20-5-3-19(4-6-20)24(29)30-23-11-1-18(2-12-23)17-27-21-7-9-22(10-8-21)28-15-13-26-14-16-28/h1-12,17,26H,13-16H2. The molecule has 0 bridgehead atoms. The Morgan fingerprint density at radius 2 is 1.60 bits per heavy atom. The molecule has 3 aromatic carbocycles. The molecule has 3 aromatic rings. The van der Waals surface area contributed by atoms with Gasteiger partial charge in [-0.25, -0.2) is 4.79 Å². The van der Waals surface area contributed by atoms with Crippen LogP contribution in [0.3, 0.4) is 0 Å². The lowest BCUT2D eigenvalue weighted by molar-refractivity contribution is 0.0734. The summed E-state index contributed by atoms with van der Waals surface area (Å²) in [6, 6.07) is 22.7. The average molecular weight is 464 g/mol. The van der Waals surface area contributed by atoms with Gasteiger partial charge in [-0.2, -0.15) is 0 Å². The van der Waals surface area contributed by atoms with Crippen LogP contribution in [0.25, 0.3) is 0 Å². The molecule has 6 heteroatoms. The number of benzene rings is 3. The number of hydrogen-bond donors (Lipinski definition) is 1. The third-order valence-corrected chi connectivity index (χ3v) is 5.39. The number of nitrogens with zero attached hydrogens (tertiary/aromatic N) is 2. The fourth-order valence-electron chi connectivity index (χ4n) is 3.20. The van der Waals surface area contributed by atoms with Crippen molar-refractivity contribution in [2.75, 3.05) is 31.1 Å². The van der Waals surface area contributed by atoms with E-state index >= 15 is 0 Å². The zero-order valence-corrected chi connectivity index (χ0v) is 18.0. The minimum Gasteiger partial charge on any atom is -0.423 e. The molecular formula is C24H22BrN3O2. The van der Waals surface area contributed by atoms with E-state index in [2.05, 4.69) is 43.3 Å². The van der Waals surface area contributed by atoms with Crippen molar-refractivity contribution in [2.24, 2.45) is 4.99 Å². The quantitative estimate of drug-likeness (QED) is 0.334. The highest BCUT2D eigenvalue weighted by molar-refractivity contribution is 9.10. The summed E-state index contributed by atoms with van der Waals surface area (Å²) in [6.45, 7) is 4.10. The smallest absolute Gasteiger partial charge is 0.343 e. The van der Waals surface area contributed by atoms with E-state index in [-0.39, 0.29) is 5.97 Å². The van der Waals surface area contributed by atoms with Gasteiger partial charge in [-0.3, -0.25) is 4.99 Å². The van der Waals surface area contributed by atoms with E-state index in [1.807, 2.05) is 36.4 Å². The van der Waals surface area contributed by atoms with Crippen LogP contribution in [0.1, 0.15) is 15.9 Å². The number of esters is 1. The summed E-state index contributed by atoms with van der Waals surface area (Å²) in [5.41, 5.74) is 3.57. The number of carbonyl (C=O) groups excluding carboxylic acids is 1. The molecule has 1 saturated heterocycles. The van der Waals surface area contributed by atoms with Crippen LogP contribution in [0.4, 0.5) is 11.4 Å². The van der Waals surface area contributed by atoms with Crippen LogP contribution in [0.5, 0.6) is 5.75 Å². The van der Waals surface area contributed by atoms with Gasteiger partial charge in [0.05, 0.1) is 11.3 Å². The predicted molar refractivity (Wildman–Crippen MR) is 124 cm³/mol. The summed E-state index contributed by atoms with van der Waals surface area (Å²) in [4.78, 5) is 19.1. The summed E-state index contributed by atoms with van der Waals surface area (Å²) in [6.07, 6.45) is 1.81. The lowest BCUT2D eigenvalue weighted by atomic mass is 10.2. The van der Waals surface area contributed by atoms with E-state index in [4.69, 9.17) is 4.74 Å². The molecule has 1 heterocycles. The SMILES string of the molecule is O=C(Oc1ccc(C=Nc2ccc(N3CCNCC3)cc2)cc1)c1ccc(Br)cc1. The maximum Gasteiger partial charge on any atom is 0.343 e. The number of piperazine rings is 1. The number of rotatable bonds is 5. The van der Waals surface area contributed by atoms with Crippen LogP contribution in [0, 0.1) is 0 Å². The third-order valence-electron chi connectivity index (χ3n) is 4.87. The first kappa shape index (κ1) is 20.3. The van der Waals surface area contributed by atoms with Crippen LogP contribution >= 0.6 is 15.9 Å². The summed E-state index contributed by atoms with van der Waals surface area (Å²) in [5, 5.41) is 3.36.